The van der Waals surface area contributed by atoms with Crippen molar-refractivity contribution < 1.29 is 9.53 Å². The van der Waals surface area contributed by atoms with E-state index in [1.807, 2.05) is 31.2 Å². The summed E-state index contributed by atoms with van der Waals surface area (Å²) >= 11 is 0. The Balaban J connectivity index is 2.13. The summed E-state index contributed by atoms with van der Waals surface area (Å²) in [6.45, 7) is 6.40. The summed E-state index contributed by atoms with van der Waals surface area (Å²) in [5.41, 5.74) is 1.40. The van der Waals surface area contributed by atoms with Crippen molar-refractivity contribution in [2.24, 2.45) is 0 Å². The van der Waals surface area contributed by atoms with Crippen molar-refractivity contribution in [3.8, 4) is 5.69 Å². The number of hydrogen-bond donors (Lipinski definition) is 1. The van der Waals surface area contributed by atoms with E-state index in [4.69, 9.17) is 4.74 Å². The number of anilines is 1. The molecule has 0 saturated carbocycles. The molecule has 1 atom stereocenters. The SMILES string of the molecule is CCCCOC(C)C(=O)Nc1ccccc1-n1nnnc1CC. The van der Waals surface area contributed by atoms with Crippen LogP contribution in [-0.2, 0) is 16.0 Å². The fraction of sp³-hybridized carbons (Fsp3) is 0.500. The molecule has 7 nitrogen and oxygen atoms in total. The molecule has 0 spiro atoms. The van der Waals surface area contributed by atoms with Crippen LogP contribution in [0.3, 0.4) is 0 Å². The van der Waals surface area contributed by atoms with E-state index >= 15 is 0 Å². The first-order valence-corrected chi connectivity index (χ1v) is 7.96. The molecule has 23 heavy (non-hydrogen) atoms. The number of tetrazole rings is 1. The van der Waals surface area contributed by atoms with Crippen LogP contribution in [0.4, 0.5) is 5.69 Å². The monoisotopic (exact) mass is 317 g/mol. The molecule has 2 aromatic rings. The number of unbranched alkanes of at least 4 members (excludes halogenated alkanes) is 1. The van der Waals surface area contributed by atoms with Gasteiger partial charge in [-0.3, -0.25) is 4.79 Å². The Hall–Kier alpha value is -2.28. The van der Waals surface area contributed by atoms with Crippen LogP contribution in [0.5, 0.6) is 0 Å². The van der Waals surface area contributed by atoms with E-state index in [0.29, 0.717) is 18.7 Å². The number of carbonyl (C=O) groups excluding carboxylic acids is 1. The third-order valence-corrected chi connectivity index (χ3v) is 3.48. The second-order valence-electron chi connectivity index (χ2n) is 5.23. The molecule has 0 bridgehead atoms. The van der Waals surface area contributed by atoms with Crippen molar-refractivity contribution >= 4 is 11.6 Å². The number of aryl methyl sites for hydroxylation is 1. The first-order valence-electron chi connectivity index (χ1n) is 7.96. The summed E-state index contributed by atoms with van der Waals surface area (Å²) in [6.07, 6.45) is 2.18. The molecule has 7 heteroatoms. The van der Waals surface area contributed by atoms with E-state index < -0.39 is 6.10 Å². The standard InChI is InChI=1S/C16H23N5O2/c1-4-6-11-23-12(3)16(22)17-13-9-7-8-10-14(13)21-15(5-2)18-19-20-21/h7-10,12H,4-6,11H2,1-3H3,(H,17,22). The first-order chi connectivity index (χ1) is 11.2. The van der Waals surface area contributed by atoms with Gasteiger partial charge in [0.1, 0.15) is 6.10 Å². The average Bonchev–Trinajstić information content (AvgIpc) is 3.04. The highest BCUT2D eigenvalue weighted by molar-refractivity contribution is 5.95. The molecule has 1 aromatic carbocycles. The van der Waals surface area contributed by atoms with Crippen LogP contribution in [0.2, 0.25) is 0 Å². The van der Waals surface area contributed by atoms with Gasteiger partial charge in [-0.05, 0) is 35.9 Å². The molecular weight excluding hydrogens is 294 g/mol. The van der Waals surface area contributed by atoms with Crippen LogP contribution in [-0.4, -0.2) is 38.8 Å². The number of amides is 1. The number of nitrogens with zero attached hydrogens (tertiary/aromatic N) is 4. The summed E-state index contributed by atoms with van der Waals surface area (Å²) in [7, 11) is 0. The highest BCUT2D eigenvalue weighted by Crippen LogP contribution is 2.20. The summed E-state index contributed by atoms with van der Waals surface area (Å²) in [5.74, 6) is 0.554. The lowest BCUT2D eigenvalue weighted by atomic mass is 10.2. The zero-order valence-corrected chi connectivity index (χ0v) is 13.8. The summed E-state index contributed by atoms with van der Waals surface area (Å²) < 4.78 is 7.17. The summed E-state index contributed by atoms with van der Waals surface area (Å²) in [5, 5.41) is 14.6. The Bertz CT molecular complexity index is 641. The van der Waals surface area contributed by atoms with Crippen LogP contribution in [0.1, 0.15) is 39.4 Å². The first kappa shape index (κ1) is 17.1. The molecule has 1 heterocycles. The molecular formula is C16H23N5O2. The van der Waals surface area contributed by atoms with E-state index in [-0.39, 0.29) is 5.91 Å². The highest BCUT2D eigenvalue weighted by Gasteiger charge is 2.17. The summed E-state index contributed by atoms with van der Waals surface area (Å²) in [6, 6.07) is 7.44. The predicted molar refractivity (Wildman–Crippen MR) is 87.5 cm³/mol. The van der Waals surface area contributed by atoms with E-state index in [2.05, 4.69) is 27.8 Å². The number of rotatable bonds is 8. The number of ether oxygens (including phenoxy) is 1. The van der Waals surface area contributed by atoms with Gasteiger partial charge in [0.15, 0.2) is 5.82 Å². The van der Waals surface area contributed by atoms with Gasteiger partial charge in [0, 0.05) is 13.0 Å². The predicted octanol–water partition coefficient (Wildman–Crippen LogP) is 2.37. The van der Waals surface area contributed by atoms with Gasteiger partial charge in [-0.2, -0.15) is 4.68 Å². The molecule has 0 fully saturated rings. The second-order valence-corrected chi connectivity index (χ2v) is 5.23. The zero-order valence-electron chi connectivity index (χ0n) is 13.8. The van der Waals surface area contributed by atoms with Crippen LogP contribution in [0.15, 0.2) is 24.3 Å². The molecule has 0 aliphatic carbocycles. The maximum atomic E-state index is 12.3. The Kier molecular flexibility index (Phi) is 6.22. The van der Waals surface area contributed by atoms with Crippen LogP contribution < -0.4 is 5.32 Å². The third kappa shape index (κ3) is 4.35. The molecule has 0 saturated heterocycles. The summed E-state index contributed by atoms with van der Waals surface area (Å²) in [4.78, 5) is 12.3. The van der Waals surface area contributed by atoms with Crippen molar-refractivity contribution in [3.05, 3.63) is 30.1 Å². The fourth-order valence-corrected chi connectivity index (χ4v) is 2.09. The minimum Gasteiger partial charge on any atom is -0.369 e. The van der Waals surface area contributed by atoms with Gasteiger partial charge in [0.05, 0.1) is 11.4 Å². The molecule has 2 rings (SSSR count). The zero-order chi connectivity index (χ0) is 16.7. The van der Waals surface area contributed by atoms with E-state index in [1.165, 1.54) is 0 Å². The van der Waals surface area contributed by atoms with Crippen LogP contribution in [0.25, 0.3) is 5.69 Å². The number of nitrogens with one attached hydrogen (secondary N) is 1. The van der Waals surface area contributed by atoms with Crippen LogP contribution in [0, 0.1) is 0 Å². The Morgan fingerprint density at radius 3 is 2.87 bits per heavy atom. The molecule has 124 valence electrons. The quantitative estimate of drug-likeness (QED) is 0.756. The molecule has 1 N–H and O–H groups in total. The molecule has 1 aromatic heterocycles. The van der Waals surface area contributed by atoms with Crippen molar-refractivity contribution in [2.45, 2.75) is 46.1 Å². The van der Waals surface area contributed by atoms with E-state index in [9.17, 15) is 4.79 Å². The molecule has 1 amide bonds. The van der Waals surface area contributed by atoms with Crippen molar-refractivity contribution in [1.29, 1.82) is 0 Å². The van der Waals surface area contributed by atoms with E-state index in [0.717, 1.165) is 24.4 Å². The number of hydrogen-bond acceptors (Lipinski definition) is 5. The van der Waals surface area contributed by atoms with Gasteiger partial charge in [-0.1, -0.05) is 32.4 Å². The smallest absolute Gasteiger partial charge is 0.253 e. The van der Waals surface area contributed by atoms with Gasteiger partial charge >= 0.3 is 0 Å². The number of para-hydroxylation sites is 2. The van der Waals surface area contributed by atoms with Gasteiger partial charge in [0.2, 0.25) is 0 Å². The van der Waals surface area contributed by atoms with Crippen molar-refractivity contribution in [1.82, 2.24) is 20.2 Å². The van der Waals surface area contributed by atoms with Gasteiger partial charge < -0.3 is 10.1 Å². The maximum absolute atomic E-state index is 12.3. The van der Waals surface area contributed by atoms with Crippen molar-refractivity contribution in [2.75, 3.05) is 11.9 Å². The Morgan fingerprint density at radius 2 is 2.13 bits per heavy atom. The largest absolute Gasteiger partial charge is 0.369 e. The molecule has 1 unspecified atom stereocenters. The van der Waals surface area contributed by atoms with Gasteiger partial charge in [0.25, 0.3) is 5.91 Å². The van der Waals surface area contributed by atoms with Crippen LogP contribution >= 0.6 is 0 Å². The molecule has 0 aliphatic rings. The fourth-order valence-electron chi connectivity index (χ4n) is 2.09. The second kappa shape index (κ2) is 8.38. The highest BCUT2D eigenvalue weighted by atomic mass is 16.5. The minimum atomic E-state index is -0.505. The molecule has 0 radical (unpaired) electrons. The lowest BCUT2D eigenvalue weighted by molar-refractivity contribution is -0.126. The minimum absolute atomic E-state index is 0.181. The molecule has 0 aliphatic heterocycles. The topological polar surface area (TPSA) is 81.9 Å². The maximum Gasteiger partial charge on any atom is 0.253 e. The lowest BCUT2D eigenvalue weighted by Gasteiger charge is -2.15. The number of aromatic nitrogens is 4. The lowest BCUT2D eigenvalue weighted by Crippen LogP contribution is -2.28. The number of carbonyl (C=O) groups is 1. The normalized spacial score (nSPS) is 12.1. The third-order valence-electron chi connectivity index (χ3n) is 3.48. The van der Waals surface area contributed by atoms with Crippen molar-refractivity contribution in [3.63, 3.8) is 0 Å². The Labute approximate surface area is 136 Å². The number of benzene rings is 1. The van der Waals surface area contributed by atoms with Gasteiger partial charge in [-0.15, -0.1) is 5.10 Å². The van der Waals surface area contributed by atoms with Gasteiger partial charge in [-0.25, -0.2) is 0 Å². The average molecular weight is 317 g/mol. The Morgan fingerprint density at radius 1 is 1.35 bits per heavy atom. The van der Waals surface area contributed by atoms with E-state index in [1.54, 1.807) is 11.6 Å².